The molecule has 0 radical (unpaired) electrons. The van der Waals surface area contributed by atoms with Gasteiger partial charge in [-0.05, 0) is 31.0 Å². The first-order chi connectivity index (χ1) is 10.9. The Kier molecular flexibility index (Phi) is 5.82. The highest BCUT2D eigenvalue weighted by Crippen LogP contribution is 2.33. The van der Waals surface area contributed by atoms with Crippen molar-refractivity contribution < 1.29 is 18.0 Å². The monoisotopic (exact) mass is 326 g/mol. The van der Waals surface area contributed by atoms with Gasteiger partial charge in [0.2, 0.25) is 5.91 Å². The molecule has 1 aliphatic rings. The van der Waals surface area contributed by atoms with Crippen LogP contribution in [0, 0.1) is 0 Å². The Morgan fingerprint density at radius 2 is 2.09 bits per heavy atom. The molecule has 0 bridgehead atoms. The minimum atomic E-state index is -4.40. The van der Waals surface area contributed by atoms with Crippen LogP contribution < -0.4 is 5.32 Å². The lowest BCUT2D eigenvalue weighted by molar-refractivity contribution is -0.139. The standard InChI is InChI=1S/C17H21F3N2O/c1-2-10-21-11-9-14-7-8-16(23)22(14)12-13-5-3-4-6-15(13)17(18,19)20/h2-6,14,21H,1,7-12H2. The fourth-order valence-electron chi connectivity index (χ4n) is 2.90. The van der Waals surface area contributed by atoms with E-state index in [1.165, 1.54) is 12.1 Å². The van der Waals surface area contributed by atoms with Crippen molar-refractivity contribution >= 4 is 5.91 Å². The molecule has 0 aliphatic carbocycles. The maximum Gasteiger partial charge on any atom is 0.416 e. The molecular formula is C17H21F3N2O. The zero-order chi connectivity index (χ0) is 16.9. The third-order valence-corrected chi connectivity index (χ3v) is 4.06. The Labute approximate surface area is 134 Å². The van der Waals surface area contributed by atoms with E-state index in [0.717, 1.165) is 12.5 Å². The first kappa shape index (κ1) is 17.5. The van der Waals surface area contributed by atoms with Crippen molar-refractivity contribution in [3.63, 3.8) is 0 Å². The fourth-order valence-corrected chi connectivity index (χ4v) is 2.90. The van der Waals surface area contributed by atoms with E-state index in [1.54, 1.807) is 17.0 Å². The first-order valence-electron chi connectivity index (χ1n) is 7.69. The summed E-state index contributed by atoms with van der Waals surface area (Å²) in [6.45, 7) is 5.01. The minimum Gasteiger partial charge on any atom is -0.335 e. The molecule has 126 valence electrons. The summed E-state index contributed by atoms with van der Waals surface area (Å²) in [4.78, 5) is 13.6. The van der Waals surface area contributed by atoms with Gasteiger partial charge in [0, 0.05) is 25.6 Å². The molecule has 0 aromatic heterocycles. The third-order valence-electron chi connectivity index (χ3n) is 4.06. The Morgan fingerprint density at radius 1 is 1.35 bits per heavy atom. The number of carbonyl (C=O) groups is 1. The minimum absolute atomic E-state index is 0.0129. The van der Waals surface area contributed by atoms with Crippen LogP contribution in [0.2, 0.25) is 0 Å². The van der Waals surface area contributed by atoms with Gasteiger partial charge in [-0.25, -0.2) is 0 Å². The summed E-state index contributed by atoms with van der Waals surface area (Å²) in [5, 5.41) is 3.16. The van der Waals surface area contributed by atoms with Crippen LogP contribution in [0.3, 0.4) is 0 Å². The predicted molar refractivity (Wildman–Crippen MR) is 82.7 cm³/mol. The lowest BCUT2D eigenvalue weighted by atomic mass is 10.1. The first-order valence-corrected chi connectivity index (χ1v) is 7.69. The Hall–Kier alpha value is -1.82. The number of amides is 1. The van der Waals surface area contributed by atoms with Crippen LogP contribution in [0.15, 0.2) is 36.9 Å². The van der Waals surface area contributed by atoms with Crippen LogP contribution in [0.1, 0.15) is 30.4 Å². The number of alkyl halides is 3. The van der Waals surface area contributed by atoms with Gasteiger partial charge < -0.3 is 10.2 Å². The summed E-state index contributed by atoms with van der Waals surface area (Å²) in [6.07, 6.45) is -0.825. The molecule has 1 amide bonds. The molecule has 1 aliphatic heterocycles. The highest BCUT2D eigenvalue weighted by molar-refractivity contribution is 5.78. The topological polar surface area (TPSA) is 32.3 Å². The quantitative estimate of drug-likeness (QED) is 0.615. The van der Waals surface area contributed by atoms with Gasteiger partial charge in [0.15, 0.2) is 0 Å². The van der Waals surface area contributed by atoms with E-state index in [1.807, 2.05) is 0 Å². The smallest absolute Gasteiger partial charge is 0.335 e. The maximum atomic E-state index is 13.1. The molecule has 1 saturated heterocycles. The van der Waals surface area contributed by atoms with Gasteiger partial charge in [0.25, 0.3) is 0 Å². The zero-order valence-corrected chi connectivity index (χ0v) is 12.9. The second kappa shape index (κ2) is 7.64. The molecular weight excluding hydrogens is 305 g/mol. The molecule has 1 atom stereocenters. The second-order valence-corrected chi connectivity index (χ2v) is 5.65. The molecule has 1 heterocycles. The number of hydrogen-bond acceptors (Lipinski definition) is 2. The van der Waals surface area contributed by atoms with Crippen molar-refractivity contribution in [3.05, 3.63) is 48.0 Å². The summed E-state index contributed by atoms with van der Waals surface area (Å²) in [5.74, 6) is -0.0734. The highest BCUT2D eigenvalue weighted by atomic mass is 19.4. The lowest BCUT2D eigenvalue weighted by Crippen LogP contribution is -2.35. The molecule has 0 saturated carbocycles. The molecule has 1 aromatic carbocycles. The number of nitrogens with zero attached hydrogens (tertiary/aromatic N) is 1. The predicted octanol–water partition coefficient (Wildman–Crippen LogP) is 3.36. The van der Waals surface area contributed by atoms with Crippen molar-refractivity contribution in [2.45, 2.75) is 38.0 Å². The molecule has 6 heteroatoms. The molecule has 23 heavy (non-hydrogen) atoms. The van der Waals surface area contributed by atoms with Gasteiger partial charge in [-0.3, -0.25) is 4.79 Å². The zero-order valence-electron chi connectivity index (χ0n) is 12.9. The van der Waals surface area contributed by atoms with Crippen molar-refractivity contribution in [2.75, 3.05) is 13.1 Å². The van der Waals surface area contributed by atoms with Crippen LogP contribution in [-0.2, 0) is 17.5 Å². The molecule has 1 aromatic rings. The van der Waals surface area contributed by atoms with E-state index >= 15 is 0 Å². The average molecular weight is 326 g/mol. The Morgan fingerprint density at radius 3 is 2.78 bits per heavy atom. The number of nitrogens with one attached hydrogen (secondary N) is 1. The van der Waals surface area contributed by atoms with Crippen LogP contribution in [-0.4, -0.2) is 29.9 Å². The average Bonchev–Trinajstić information content (AvgIpc) is 2.84. The fraction of sp³-hybridized carbons (Fsp3) is 0.471. The van der Waals surface area contributed by atoms with Gasteiger partial charge in [0.1, 0.15) is 0 Å². The van der Waals surface area contributed by atoms with Crippen LogP contribution in [0.5, 0.6) is 0 Å². The summed E-state index contributed by atoms with van der Waals surface area (Å²) >= 11 is 0. The van der Waals surface area contributed by atoms with Crippen LogP contribution >= 0.6 is 0 Å². The summed E-state index contributed by atoms with van der Waals surface area (Å²) in [5.41, 5.74) is -0.512. The van der Waals surface area contributed by atoms with Gasteiger partial charge in [-0.1, -0.05) is 24.3 Å². The van der Waals surface area contributed by atoms with E-state index in [-0.39, 0.29) is 24.1 Å². The van der Waals surface area contributed by atoms with Gasteiger partial charge in [-0.2, -0.15) is 13.2 Å². The third kappa shape index (κ3) is 4.58. The number of halogens is 3. The molecule has 1 fully saturated rings. The summed E-state index contributed by atoms with van der Waals surface area (Å²) in [6, 6.07) is 5.44. The Balaban J connectivity index is 2.08. The van der Waals surface area contributed by atoms with Crippen molar-refractivity contribution in [1.29, 1.82) is 0 Å². The van der Waals surface area contributed by atoms with E-state index in [0.29, 0.717) is 25.9 Å². The molecule has 1 unspecified atom stereocenters. The molecule has 0 spiro atoms. The van der Waals surface area contributed by atoms with Crippen LogP contribution in [0.25, 0.3) is 0 Å². The molecule has 3 nitrogen and oxygen atoms in total. The second-order valence-electron chi connectivity index (χ2n) is 5.65. The largest absolute Gasteiger partial charge is 0.416 e. The number of carbonyl (C=O) groups excluding carboxylic acids is 1. The number of benzene rings is 1. The summed E-state index contributed by atoms with van der Waals surface area (Å²) < 4.78 is 39.2. The lowest BCUT2D eigenvalue weighted by Gasteiger charge is -2.26. The molecule has 2 rings (SSSR count). The SMILES string of the molecule is C=CCNCCC1CCC(=O)N1Cc1ccccc1C(F)(F)F. The van der Waals surface area contributed by atoms with E-state index in [4.69, 9.17) is 0 Å². The normalized spacial score (nSPS) is 18.5. The number of hydrogen-bond donors (Lipinski definition) is 1. The van der Waals surface area contributed by atoms with Gasteiger partial charge in [0.05, 0.1) is 5.56 Å². The van der Waals surface area contributed by atoms with Gasteiger partial charge in [-0.15, -0.1) is 6.58 Å². The maximum absolute atomic E-state index is 13.1. The summed E-state index contributed by atoms with van der Waals surface area (Å²) in [7, 11) is 0. The molecule has 1 N–H and O–H groups in total. The highest BCUT2D eigenvalue weighted by Gasteiger charge is 2.36. The van der Waals surface area contributed by atoms with E-state index in [2.05, 4.69) is 11.9 Å². The van der Waals surface area contributed by atoms with Crippen molar-refractivity contribution in [3.8, 4) is 0 Å². The van der Waals surface area contributed by atoms with Crippen molar-refractivity contribution in [1.82, 2.24) is 10.2 Å². The number of likely N-dealkylation sites (tertiary alicyclic amines) is 1. The number of rotatable bonds is 7. The van der Waals surface area contributed by atoms with Gasteiger partial charge >= 0.3 is 6.18 Å². The Bertz CT molecular complexity index is 557. The van der Waals surface area contributed by atoms with E-state index in [9.17, 15) is 18.0 Å². The van der Waals surface area contributed by atoms with E-state index < -0.39 is 11.7 Å². The van der Waals surface area contributed by atoms with Crippen LogP contribution in [0.4, 0.5) is 13.2 Å². The van der Waals surface area contributed by atoms with Crippen molar-refractivity contribution in [2.24, 2.45) is 0 Å².